The molecule has 0 aliphatic rings. The normalized spacial score (nSPS) is 10.3. The van der Waals surface area contributed by atoms with Gasteiger partial charge < -0.3 is 10.6 Å². The number of amides is 1. The van der Waals surface area contributed by atoms with Crippen molar-refractivity contribution >= 4 is 28.9 Å². The molecule has 3 aromatic rings. The molecule has 0 bridgehead atoms. The molecule has 25 heavy (non-hydrogen) atoms. The Morgan fingerprint density at radius 2 is 1.44 bits per heavy atom. The predicted molar refractivity (Wildman–Crippen MR) is 99.6 cm³/mol. The molecule has 0 radical (unpaired) electrons. The molecule has 3 rings (SSSR count). The van der Waals surface area contributed by atoms with Gasteiger partial charge in [-0.05, 0) is 66.2 Å². The van der Waals surface area contributed by atoms with Crippen LogP contribution in [0.3, 0.4) is 0 Å². The van der Waals surface area contributed by atoms with Gasteiger partial charge in [0.15, 0.2) is 0 Å². The summed E-state index contributed by atoms with van der Waals surface area (Å²) in [4.78, 5) is 12.1. The second kappa shape index (κ2) is 7.81. The van der Waals surface area contributed by atoms with Crippen LogP contribution in [0.4, 0.5) is 15.8 Å². The number of benzene rings is 3. The molecule has 5 heteroatoms. The molecular weight excluding hydrogens is 339 g/mol. The second-order valence-electron chi connectivity index (χ2n) is 5.52. The Morgan fingerprint density at radius 1 is 0.840 bits per heavy atom. The first kappa shape index (κ1) is 17.0. The van der Waals surface area contributed by atoms with E-state index in [0.717, 1.165) is 11.3 Å². The summed E-state index contributed by atoms with van der Waals surface area (Å²) >= 11 is 5.87. The Labute approximate surface area is 150 Å². The molecule has 0 saturated heterocycles. The van der Waals surface area contributed by atoms with Gasteiger partial charge in [0.05, 0.1) is 0 Å². The monoisotopic (exact) mass is 354 g/mol. The first-order chi connectivity index (χ1) is 12.1. The van der Waals surface area contributed by atoms with Gasteiger partial charge in [-0.25, -0.2) is 4.39 Å². The summed E-state index contributed by atoms with van der Waals surface area (Å²) in [6, 6.07) is 20.5. The maximum atomic E-state index is 12.9. The molecule has 3 nitrogen and oxygen atoms in total. The van der Waals surface area contributed by atoms with Crippen LogP contribution in [0.2, 0.25) is 5.02 Å². The van der Waals surface area contributed by atoms with Crippen LogP contribution in [0, 0.1) is 5.82 Å². The van der Waals surface area contributed by atoms with Crippen molar-refractivity contribution in [2.24, 2.45) is 0 Å². The Morgan fingerprint density at radius 3 is 2.08 bits per heavy atom. The summed E-state index contributed by atoms with van der Waals surface area (Å²) in [5, 5.41) is 6.80. The van der Waals surface area contributed by atoms with Crippen molar-refractivity contribution in [3.05, 3.63) is 94.8 Å². The molecule has 126 valence electrons. The molecule has 0 atom stereocenters. The summed E-state index contributed by atoms with van der Waals surface area (Å²) in [7, 11) is 0. The van der Waals surface area contributed by atoms with Gasteiger partial charge in [0.2, 0.25) is 0 Å². The van der Waals surface area contributed by atoms with Crippen LogP contribution < -0.4 is 10.6 Å². The molecule has 0 aliphatic heterocycles. The molecule has 1 amide bonds. The van der Waals surface area contributed by atoms with Crippen LogP contribution in [0.15, 0.2) is 72.8 Å². The van der Waals surface area contributed by atoms with E-state index in [-0.39, 0.29) is 11.7 Å². The van der Waals surface area contributed by atoms with E-state index in [1.54, 1.807) is 0 Å². The summed E-state index contributed by atoms with van der Waals surface area (Å²) in [5.74, 6) is -0.644. The topological polar surface area (TPSA) is 41.1 Å². The molecule has 0 fully saturated rings. The maximum Gasteiger partial charge on any atom is 0.255 e. The van der Waals surface area contributed by atoms with E-state index in [1.807, 2.05) is 48.5 Å². The van der Waals surface area contributed by atoms with Gasteiger partial charge >= 0.3 is 0 Å². The smallest absolute Gasteiger partial charge is 0.255 e. The van der Waals surface area contributed by atoms with Crippen molar-refractivity contribution in [3.63, 3.8) is 0 Å². The SMILES string of the molecule is O=C(Nc1ccc(NCc2ccc(Cl)cc2)cc1)c1ccc(F)cc1. The van der Waals surface area contributed by atoms with Crippen molar-refractivity contribution < 1.29 is 9.18 Å². The van der Waals surface area contributed by atoms with Crippen molar-refractivity contribution in [2.45, 2.75) is 6.54 Å². The number of carbonyl (C=O) groups excluding carboxylic acids is 1. The minimum Gasteiger partial charge on any atom is -0.381 e. The fourth-order valence-electron chi connectivity index (χ4n) is 2.28. The standard InChI is InChI=1S/C20H16ClFN2O/c21-16-5-1-14(2-6-16)13-23-18-9-11-19(12-10-18)24-20(25)15-3-7-17(22)8-4-15/h1-12,23H,13H2,(H,24,25). The highest BCUT2D eigenvalue weighted by molar-refractivity contribution is 6.30. The number of halogens is 2. The van der Waals surface area contributed by atoms with Crippen molar-refractivity contribution in [1.29, 1.82) is 0 Å². The van der Waals surface area contributed by atoms with E-state index in [9.17, 15) is 9.18 Å². The van der Waals surface area contributed by atoms with E-state index < -0.39 is 0 Å². The fraction of sp³-hybridized carbons (Fsp3) is 0.0500. The molecule has 0 heterocycles. The maximum absolute atomic E-state index is 12.9. The van der Waals surface area contributed by atoms with Crippen LogP contribution >= 0.6 is 11.6 Å². The first-order valence-electron chi connectivity index (χ1n) is 7.75. The number of rotatable bonds is 5. The molecule has 0 aromatic heterocycles. The molecule has 0 saturated carbocycles. The molecule has 0 unspecified atom stereocenters. The molecule has 3 aromatic carbocycles. The number of hydrogen-bond acceptors (Lipinski definition) is 2. The van der Waals surface area contributed by atoms with Gasteiger partial charge in [-0.3, -0.25) is 4.79 Å². The van der Waals surface area contributed by atoms with Gasteiger partial charge in [0.25, 0.3) is 5.91 Å². The van der Waals surface area contributed by atoms with Crippen molar-refractivity contribution in [3.8, 4) is 0 Å². The lowest BCUT2D eigenvalue weighted by Crippen LogP contribution is -2.11. The third kappa shape index (κ3) is 4.81. The Bertz CT molecular complexity index is 846. The van der Waals surface area contributed by atoms with Crippen molar-refractivity contribution in [2.75, 3.05) is 10.6 Å². The van der Waals surface area contributed by atoms with E-state index in [0.29, 0.717) is 22.8 Å². The quantitative estimate of drug-likeness (QED) is 0.649. The lowest BCUT2D eigenvalue weighted by atomic mass is 10.2. The lowest BCUT2D eigenvalue weighted by molar-refractivity contribution is 0.102. The molecule has 0 aliphatic carbocycles. The number of hydrogen-bond donors (Lipinski definition) is 2. The summed E-state index contributed by atoms with van der Waals surface area (Å²) in [5.41, 5.74) is 3.14. The Hall–Kier alpha value is -2.85. The zero-order valence-corrected chi connectivity index (χ0v) is 14.1. The molecule has 2 N–H and O–H groups in total. The third-order valence-corrected chi connectivity index (χ3v) is 3.91. The predicted octanol–water partition coefficient (Wildman–Crippen LogP) is 5.34. The number of carbonyl (C=O) groups is 1. The van der Waals surface area contributed by atoms with E-state index in [1.165, 1.54) is 24.3 Å². The summed E-state index contributed by atoms with van der Waals surface area (Å²) < 4.78 is 12.9. The summed E-state index contributed by atoms with van der Waals surface area (Å²) in [6.45, 7) is 0.679. The Kier molecular flexibility index (Phi) is 5.31. The van der Waals surface area contributed by atoms with Gasteiger partial charge in [0.1, 0.15) is 5.82 Å². The highest BCUT2D eigenvalue weighted by Crippen LogP contribution is 2.16. The van der Waals surface area contributed by atoms with Crippen LogP contribution in [0.5, 0.6) is 0 Å². The average molecular weight is 355 g/mol. The van der Waals surface area contributed by atoms with Crippen LogP contribution in [-0.4, -0.2) is 5.91 Å². The zero-order valence-electron chi connectivity index (χ0n) is 13.3. The van der Waals surface area contributed by atoms with Crippen LogP contribution in [-0.2, 0) is 6.54 Å². The van der Waals surface area contributed by atoms with Crippen LogP contribution in [0.25, 0.3) is 0 Å². The van der Waals surface area contributed by atoms with Gasteiger partial charge in [-0.15, -0.1) is 0 Å². The van der Waals surface area contributed by atoms with Gasteiger partial charge in [-0.1, -0.05) is 23.7 Å². The second-order valence-corrected chi connectivity index (χ2v) is 5.95. The lowest BCUT2D eigenvalue weighted by Gasteiger charge is -2.09. The van der Waals surface area contributed by atoms with E-state index in [4.69, 9.17) is 11.6 Å². The van der Waals surface area contributed by atoms with Crippen LogP contribution in [0.1, 0.15) is 15.9 Å². The summed E-state index contributed by atoms with van der Waals surface area (Å²) in [6.07, 6.45) is 0. The first-order valence-corrected chi connectivity index (χ1v) is 8.13. The molecular formula is C20H16ClFN2O. The van der Waals surface area contributed by atoms with E-state index >= 15 is 0 Å². The number of anilines is 2. The largest absolute Gasteiger partial charge is 0.381 e. The van der Waals surface area contributed by atoms with E-state index in [2.05, 4.69) is 10.6 Å². The minimum absolute atomic E-state index is 0.276. The van der Waals surface area contributed by atoms with Gasteiger partial charge in [-0.2, -0.15) is 0 Å². The van der Waals surface area contributed by atoms with Crippen molar-refractivity contribution in [1.82, 2.24) is 0 Å². The Balaban J connectivity index is 1.57. The van der Waals surface area contributed by atoms with Gasteiger partial charge in [0, 0.05) is 28.5 Å². The zero-order chi connectivity index (χ0) is 17.6. The highest BCUT2D eigenvalue weighted by atomic mass is 35.5. The third-order valence-electron chi connectivity index (χ3n) is 3.66. The number of nitrogens with one attached hydrogen (secondary N) is 2. The fourth-order valence-corrected chi connectivity index (χ4v) is 2.41. The average Bonchev–Trinajstić information content (AvgIpc) is 2.63. The highest BCUT2D eigenvalue weighted by Gasteiger charge is 2.06. The minimum atomic E-state index is -0.368. The molecule has 0 spiro atoms.